The Labute approximate surface area is 118 Å². The van der Waals surface area contributed by atoms with Gasteiger partial charge in [0.1, 0.15) is 0 Å². The minimum Gasteiger partial charge on any atom is -0.324 e. The number of benzene rings is 1. The zero-order valence-electron chi connectivity index (χ0n) is 11.9. The van der Waals surface area contributed by atoms with E-state index in [-0.39, 0.29) is 11.4 Å². The van der Waals surface area contributed by atoms with Crippen molar-refractivity contribution in [3.63, 3.8) is 0 Å². The SMILES string of the molecule is Cc1ccc(C)c(S(=O)(=O)NCC(C)(C)N)c1[N+](=O)[O-]. The predicted octanol–water partition coefficient (Wildman–Crippen LogP) is 1.23. The monoisotopic (exact) mass is 301 g/mol. The Balaban J connectivity index is 3.38. The molecule has 112 valence electrons. The van der Waals surface area contributed by atoms with Gasteiger partial charge in [-0.15, -0.1) is 0 Å². The van der Waals surface area contributed by atoms with E-state index in [0.29, 0.717) is 11.1 Å². The van der Waals surface area contributed by atoms with Crippen LogP contribution in [0.1, 0.15) is 25.0 Å². The largest absolute Gasteiger partial charge is 0.324 e. The zero-order chi connectivity index (χ0) is 15.7. The molecule has 3 N–H and O–H groups in total. The van der Waals surface area contributed by atoms with Gasteiger partial charge in [0, 0.05) is 17.6 Å². The lowest BCUT2D eigenvalue weighted by Gasteiger charge is -2.19. The van der Waals surface area contributed by atoms with Gasteiger partial charge < -0.3 is 5.73 Å². The van der Waals surface area contributed by atoms with Crippen LogP contribution in [0.3, 0.4) is 0 Å². The highest BCUT2D eigenvalue weighted by Crippen LogP contribution is 2.30. The van der Waals surface area contributed by atoms with Gasteiger partial charge in [-0.05, 0) is 33.3 Å². The van der Waals surface area contributed by atoms with Crippen molar-refractivity contribution in [1.29, 1.82) is 0 Å². The lowest BCUT2D eigenvalue weighted by Crippen LogP contribution is -2.45. The molecular weight excluding hydrogens is 282 g/mol. The Bertz CT molecular complexity index is 633. The first-order valence-electron chi connectivity index (χ1n) is 5.99. The van der Waals surface area contributed by atoms with Gasteiger partial charge >= 0.3 is 0 Å². The summed E-state index contributed by atoms with van der Waals surface area (Å²) in [7, 11) is -3.99. The van der Waals surface area contributed by atoms with Crippen LogP contribution in [0.15, 0.2) is 17.0 Å². The molecule has 1 rings (SSSR count). The molecule has 1 aromatic rings. The van der Waals surface area contributed by atoms with Crippen molar-refractivity contribution in [3.05, 3.63) is 33.4 Å². The number of nitrogens with one attached hydrogen (secondary N) is 1. The lowest BCUT2D eigenvalue weighted by atomic mass is 10.1. The van der Waals surface area contributed by atoms with Crippen LogP contribution in [-0.2, 0) is 10.0 Å². The molecule has 0 aliphatic rings. The van der Waals surface area contributed by atoms with Crippen molar-refractivity contribution in [1.82, 2.24) is 4.72 Å². The van der Waals surface area contributed by atoms with Gasteiger partial charge in [-0.25, -0.2) is 13.1 Å². The summed E-state index contributed by atoms with van der Waals surface area (Å²) in [6.07, 6.45) is 0. The predicted molar refractivity (Wildman–Crippen MR) is 76.0 cm³/mol. The molecule has 20 heavy (non-hydrogen) atoms. The van der Waals surface area contributed by atoms with Crippen LogP contribution < -0.4 is 10.5 Å². The molecule has 0 radical (unpaired) electrons. The van der Waals surface area contributed by atoms with E-state index in [0.717, 1.165) is 0 Å². The van der Waals surface area contributed by atoms with E-state index >= 15 is 0 Å². The van der Waals surface area contributed by atoms with E-state index in [9.17, 15) is 18.5 Å². The Hall–Kier alpha value is -1.51. The molecule has 0 aromatic heterocycles. The molecule has 0 saturated carbocycles. The molecule has 0 fully saturated rings. The molecular formula is C12H19N3O4S. The first kappa shape index (κ1) is 16.5. The molecule has 0 unspecified atom stereocenters. The van der Waals surface area contributed by atoms with E-state index in [1.165, 1.54) is 19.9 Å². The second-order valence-corrected chi connectivity index (χ2v) is 7.15. The van der Waals surface area contributed by atoms with Gasteiger partial charge in [0.05, 0.1) is 4.92 Å². The van der Waals surface area contributed by atoms with Crippen LogP contribution in [0, 0.1) is 24.0 Å². The standard InChI is InChI=1S/C12H19N3O4S/c1-8-5-6-9(2)11(10(8)15(16)17)20(18,19)14-7-12(3,4)13/h5-6,14H,7,13H2,1-4H3. The number of nitrogens with two attached hydrogens (primary N) is 1. The fourth-order valence-corrected chi connectivity index (χ4v) is 3.38. The maximum atomic E-state index is 12.3. The van der Waals surface area contributed by atoms with E-state index in [1.54, 1.807) is 19.9 Å². The second kappa shape index (κ2) is 5.47. The van der Waals surface area contributed by atoms with Crippen LogP contribution in [0.5, 0.6) is 0 Å². The maximum absolute atomic E-state index is 12.3. The normalized spacial score (nSPS) is 12.4. The first-order valence-corrected chi connectivity index (χ1v) is 7.47. The van der Waals surface area contributed by atoms with Gasteiger partial charge in [0.2, 0.25) is 10.0 Å². The molecule has 7 nitrogen and oxygen atoms in total. The number of rotatable bonds is 5. The molecule has 0 heterocycles. The number of hydrogen-bond acceptors (Lipinski definition) is 5. The Morgan fingerprint density at radius 2 is 1.80 bits per heavy atom. The van der Waals surface area contributed by atoms with Gasteiger partial charge in [-0.3, -0.25) is 10.1 Å². The molecule has 0 bridgehead atoms. The smallest absolute Gasteiger partial charge is 0.292 e. The summed E-state index contributed by atoms with van der Waals surface area (Å²) < 4.78 is 26.9. The van der Waals surface area contributed by atoms with Gasteiger partial charge in [0.25, 0.3) is 5.69 Å². The molecule has 8 heteroatoms. The van der Waals surface area contributed by atoms with Crippen molar-refractivity contribution in [2.45, 2.75) is 38.1 Å². The Morgan fingerprint density at radius 1 is 1.30 bits per heavy atom. The Kier molecular flexibility index (Phi) is 4.52. The summed E-state index contributed by atoms with van der Waals surface area (Å²) in [5.74, 6) is 0. The summed E-state index contributed by atoms with van der Waals surface area (Å²) in [5, 5.41) is 11.1. The number of nitro benzene ring substituents is 1. The van der Waals surface area contributed by atoms with Gasteiger partial charge in [-0.2, -0.15) is 0 Å². The van der Waals surface area contributed by atoms with Crippen LogP contribution >= 0.6 is 0 Å². The van der Waals surface area contributed by atoms with E-state index < -0.39 is 26.2 Å². The fourth-order valence-electron chi connectivity index (χ4n) is 1.69. The number of aryl methyl sites for hydroxylation is 2. The molecule has 0 atom stereocenters. The molecule has 1 aromatic carbocycles. The first-order chi connectivity index (χ1) is 8.96. The third-order valence-electron chi connectivity index (χ3n) is 2.70. The van der Waals surface area contributed by atoms with Gasteiger partial charge in [-0.1, -0.05) is 12.1 Å². The van der Waals surface area contributed by atoms with Crippen LogP contribution in [0.25, 0.3) is 0 Å². The second-order valence-electron chi connectivity index (χ2n) is 5.45. The average Bonchev–Trinajstić information content (AvgIpc) is 2.28. The highest BCUT2D eigenvalue weighted by atomic mass is 32.2. The number of nitrogens with zero attached hydrogens (tertiary/aromatic N) is 1. The molecule has 0 aliphatic carbocycles. The fraction of sp³-hybridized carbons (Fsp3) is 0.500. The van der Waals surface area contributed by atoms with Crippen molar-refractivity contribution in [3.8, 4) is 0 Å². The highest BCUT2D eigenvalue weighted by Gasteiger charge is 2.30. The third-order valence-corrected chi connectivity index (χ3v) is 4.28. The summed E-state index contributed by atoms with van der Waals surface area (Å²) in [6, 6.07) is 3.07. The summed E-state index contributed by atoms with van der Waals surface area (Å²) in [4.78, 5) is 10.2. The van der Waals surface area contributed by atoms with Crippen molar-refractivity contribution < 1.29 is 13.3 Å². The van der Waals surface area contributed by atoms with Crippen LogP contribution in [-0.4, -0.2) is 25.4 Å². The lowest BCUT2D eigenvalue weighted by molar-refractivity contribution is -0.388. The number of sulfonamides is 1. The summed E-state index contributed by atoms with van der Waals surface area (Å²) >= 11 is 0. The zero-order valence-corrected chi connectivity index (χ0v) is 12.7. The van der Waals surface area contributed by atoms with E-state index in [4.69, 9.17) is 5.73 Å². The third kappa shape index (κ3) is 3.75. The van der Waals surface area contributed by atoms with Crippen LogP contribution in [0.4, 0.5) is 5.69 Å². The highest BCUT2D eigenvalue weighted by molar-refractivity contribution is 7.89. The summed E-state index contributed by atoms with van der Waals surface area (Å²) in [6.45, 7) is 6.33. The molecule has 0 amide bonds. The Morgan fingerprint density at radius 3 is 2.25 bits per heavy atom. The minimum atomic E-state index is -3.99. The topological polar surface area (TPSA) is 115 Å². The maximum Gasteiger partial charge on any atom is 0.292 e. The average molecular weight is 301 g/mol. The molecule has 0 aliphatic heterocycles. The minimum absolute atomic E-state index is 0.0140. The molecule has 0 saturated heterocycles. The van der Waals surface area contributed by atoms with Crippen molar-refractivity contribution >= 4 is 15.7 Å². The quantitative estimate of drug-likeness (QED) is 0.627. The molecule has 0 spiro atoms. The van der Waals surface area contributed by atoms with Gasteiger partial charge in [0.15, 0.2) is 4.90 Å². The van der Waals surface area contributed by atoms with Crippen LogP contribution in [0.2, 0.25) is 0 Å². The summed E-state index contributed by atoms with van der Waals surface area (Å²) in [5.41, 5.74) is 5.20. The van der Waals surface area contributed by atoms with Crippen molar-refractivity contribution in [2.24, 2.45) is 5.73 Å². The van der Waals surface area contributed by atoms with E-state index in [2.05, 4.69) is 4.72 Å². The number of nitro groups is 1. The number of hydrogen-bond donors (Lipinski definition) is 2. The van der Waals surface area contributed by atoms with E-state index in [1.807, 2.05) is 0 Å². The van der Waals surface area contributed by atoms with Crippen molar-refractivity contribution in [2.75, 3.05) is 6.54 Å².